The second-order valence-corrected chi connectivity index (χ2v) is 6.68. The minimum absolute atomic E-state index is 0.372. The predicted molar refractivity (Wildman–Crippen MR) is 93.4 cm³/mol. The maximum absolute atomic E-state index is 4.99. The Hall–Kier alpha value is -2.04. The van der Waals surface area contributed by atoms with Gasteiger partial charge in [0.2, 0.25) is 0 Å². The Morgan fingerprint density at radius 3 is 2.52 bits per heavy atom. The number of benzene rings is 1. The summed E-state index contributed by atoms with van der Waals surface area (Å²) in [5.41, 5.74) is 2.85. The molecule has 0 N–H and O–H groups in total. The van der Waals surface area contributed by atoms with Crippen molar-refractivity contribution in [1.29, 1.82) is 0 Å². The second-order valence-electron chi connectivity index (χ2n) is 5.82. The van der Waals surface area contributed by atoms with E-state index in [1.807, 2.05) is 24.4 Å². The van der Waals surface area contributed by atoms with Crippen LogP contribution >= 0.6 is 11.3 Å². The lowest BCUT2D eigenvalue weighted by atomic mass is 9.83. The molecular weight excluding hydrogens is 302 g/mol. The first-order valence-electron chi connectivity index (χ1n) is 8.00. The number of pyridine rings is 1. The minimum atomic E-state index is -0.372. The average molecular weight is 320 g/mol. The Kier molecular flexibility index (Phi) is 3.93. The van der Waals surface area contributed by atoms with E-state index in [9.17, 15) is 0 Å². The lowest BCUT2D eigenvalue weighted by Crippen LogP contribution is -2.42. The maximum Gasteiger partial charge on any atom is 0.123 e. The summed E-state index contributed by atoms with van der Waals surface area (Å²) in [5.74, 6) is 0. The standard InChI is InChI=1S/C19H18N3S/c1-2-8-15(9-3-1)18-22-17(14-23-18)19(11-5-7-13-21-19)16-10-4-6-12-20-16/h1-4,6,8-10,12,14H,5,7,11,13H2/t19-/m0/s1. The molecular formula is C19H18N3S. The van der Waals surface area contributed by atoms with Crippen molar-refractivity contribution in [3.63, 3.8) is 0 Å². The Morgan fingerprint density at radius 2 is 1.78 bits per heavy atom. The van der Waals surface area contributed by atoms with Gasteiger partial charge in [0, 0.05) is 23.7 Å². The van der Waals surface area contributed by atoms with Crippen LogP contribution in [0.4, 0.5) is 0 Å². The van der Waals surface area contributed by atoms with E-state index in [-0.39, 0.29) is 5.54 Å². The Bertz CT molecular complexity index is 762. The van der Waals surface area contributed by atoms with Crippen molar-refractivity contribution in [2.24, 2.45) is 0 Å². The van der Waals surface area contributed by atoms with Gasteiger partial charge >= 0.3 is 0 Å². The zero-order valence-corrected chi connectivity index (χ0v) is 13.7. The molecule has 3 heterocycles. The van der Waals surface area contributed by atoms with E-state index in [0.717, 1.165) is 47.8 Å². The van der Waals surface area contributed by atoms with E-state index in [2.05, 4.69) is 40.7 Å². The first-order chi connectivity index (χ1) is 11.4. The van der Waals surface area contributed by atoms with E-state index >= 15 is 0 Å². The molecule has 3 nitrogen and oxygen atoms in total. The second kappa shape index (κ2) is 6.22. The van der Waals surface area contributed by atoms with Crippen LogP contribution in [0.3, 0.4) is 0 Å². The summed E-state index contributed by atoms with van der Waals surface area (Å²) < 4.78 is 0. The van der Waals surface area contributed by atoms with Crippen LogP contribution in [0.15, 0.2) is 60.1 Å². The topological polar surface area (TPSA) is 39.9 Å². The minimum Gasteiger partial charge on any atom is -0.259 e. The Morgan fingerprint density at radius 1 is 0.913 bits per heavy atom. The number of aromatic nitrogens is 2. The molecule has 0 amide bonds. The van der Waals surface area contributed by atoms with Crippen LogP contribution in [0.5, 0.6) is 0 Å². The number of hydrogen-bond donors (Lipinski definition) is 0. The zero-order valence-electron chi connectivity index (χ0n) is 12.9. The van der Waals surface area contributed by atoms with Gasteiger partial charge in [-0.2, -0.15) is 0 Å². The zero-order chi connectivity index (χ0) is 15.5. The van der Waals surface area contributed by atoms with Crippen molar-refractivity contribution in [3.05, 3.63) is 71.5 Å². The van der Waals surface area contributed by atoms with Crippen LogP contribution in [0, 0.1) is 0 Å². The molecule has 3 aromatic rings. The summed E-state index contributed by atoms with van der Waals surface area (Å²) in [6, 6.07) is 16.4. The highest BCUT2D eigenvalue weighted by atomic mass is 32.1. The first-order valence-corrected chi connectivity index (χ1v) is 8.88. The molecule has 1 atom stereocenters. The Balaban J connectivity index is 1.78. The van der Waals surface area contributed by atoms with Gasteiger partial charge in [0.25, 0.3) is 0 Å². The van der Waals surface area contributed by atoms with Gasteiger partial charge in [0.15, 0.2) is 0 Å². The van der Waals surface area contributed by atoms with Crippen LogP contribution < -0.4 is 5.32 Å². The fourth-order valence-corrected chi connectivity index (χ4v) is 4.07. The van der Waals surface area contributed by atoms with Crippen LogP contribution in [0.25, 0.3) is 10.6 Å². The molecule has 1 aliphatic heterocycles. The molecule has 2 aromatic heterocycles. The molecule has 0 bridgehead atoms. The number of nitrogens with zero attached hydrogens (tertiary/aromatic N) is 3. The highest BCUT2D eigenvalue weighted by Crippen LogP contribution is 2.39. The predicted octanol–water partition coefficient (Wildman–Crippen LogP) is 4.24. The van der Waals surface area contributed by atoms with Crippen LogP contribution in [-0.4, -0.2) is 16.5 Å². The summed E-state index contributed by atoms with van der Waals surface area (Å²) in [5, 5.41) is 8.20. The summed E-state index contributed by atoms with van der Waals surface area (Å²) in [4.78, 5) is 9.54. The van der Waals surface area contributed by atoms with Gasteiger partial charge in [-0.3, -0.25) is 4.98 Å². The van der Waals surface area contributed by atoms with Gasteiger partial charge in [-0.15, -0.1) is 11.3 Å². The van der Waals surface area contributed by atoms with Crippen molar-refractivity contribution in [2.45, 2.75) is 24.8 Å². The molecule has 4 heteroatoms. The number of thiazole rings is 1. The molecule has 1 saturated heterocycles. The highest BCUT2D eigenvalue weighted by molar-refractivity contribution is 7.13. The molecule has 0 spiro atoms. The number of hydrogen-bond acceptors (Lipinski definition) is 3. The SMILES string of the molecule is c1ccc(-c2nc([C@@]3(c4ccccn4)CCCC[N]3)cs2)cc1. The van der Waals surface area contributed by atoms with Crippen LogP contribution in [0.1, 0.15) is 30.7 Å². The lowest BCUT2D eigenvalue weighted by molar-refractivity contribution is 0.289. The van der Waals surface area contributed by atoms with Gasteiger partial charge in [0.05, 0.1) is 11.4 Å². The van der Waals surface area contributed by atoms with Crippen molar-refractivity contribution in [2.75, 3.05) is 6.54 Å². The average Bonchev–Trinajstić information content (AvgIpc) is 3.14. The molecule has 0 saturated carbocycles. The monoisotopic (exact) mass is 320 g/mol. The normalized spacial score (nSPS) is 21.2. The maximum atomic E-state index is 4.99. The molecule has 1 fully saturated rings. The molecule has 1 aliphatic rings. The molecule has 0 aliphatic carbocycles. The van der Waals surface area contributed by atoms with Gasteiger partial charge in [-0.25, -0.2) is 10.3 Å². The van der Waals surface area contributed by atoms with Crippen LogP contribution in [0.2, 0.25) is 0 Å². The molecule has 1 radical (unpaired) electrons. The van der Waals surface area contributed by atoms with Crippen LogP contribution in [-0.2, 0) is 5.54 Å². The van der Waals surface area contributed by atoms with Crippen molar-refractivity contribution in [3.8, 4) is 10.6 Å². The van der Waals surface area contributed by atoms with Crippen molar-refractivity contribution in [1.82, 2.24) is 15.3 Å². The summed E-state index contributed by atoms with van der Waals surface area (Å²) in [6.45, 7) is 0.884. The fraction of sp³-hybridized carbons (Fsp3) is 0.263. The quantitative estimate of drug-likeness (QED) is 0.724. The van der Waals surface area contributed by atoms with Gasteiger partial charge in [-0.1, -0.05) is 36.4 Å². The third kappa shape index (κ3) is 2.69. The van der Waals surface area contributed by atoms with Crippen molar-refractivity contribution >= 4 is 11.3 Å². The van der Waals surface area contributed by atoms with E-state index in [1.54, 1.807) is 11.3 Å². The highest BCUT2D eigenvalue weighted by Gasteiger charge is 2.40. The number of rotatable bonds is 3. The summed E-state index contributed by atoms with van der Waals surface area (Å²) in [7, 11) is 0. The first kappa shape index (κ1) is 14.5. The Labute approximate surface area is 140 Å². The largest absolute Gasteiger partial charge is 0.259 e. The molecule has 1 aromatic carbocycles. The third-order valence-electron chi connectivity index (χ3n) is 4.37. The van der Waals surface area contributed by atoms with E-state index in [0.29, 0.717) is 0 Å². The molecule has 0 unspecified atom stereocenters. The van der Waals surface area contributed by atoms with Gasteiger partial charge in [-0.05, 0) is 31.4 Å². The fourth-order valence-electron chi connectivity index (χ4n) is 3.18. The van der Waals surface area contributed by atoms with Gasteiger partial charge < -0.3 is 0 Å². The third-order valence-corrected chi connectivity index (χ3v) is 5.26. The lowest BCUT2D eigenvalue weighted by Gasteiger charge is -2.35. The molecule has 115 valence electrons. The number of piperidine rings is 1. The van der Waals surface area contributed by atoms with E-state index < -0.39 is 0 Å². The smallest absolute Gasteiger partial charge is 0.123 e. The van der Waals surface area contributed by atoms with E-state index in [1.165, 1.54) is 0 Å². The molecule has 4 rings (SSSR count). The van der Waals surface area contributed by atoms with Crippen molar-refractivity contribution < 1.29 is 0 Å². The summed E-state index contributed by atoms with van der Waals surface area (Å²) in [6.07, 6.45) is 5.16. The summed E-state index contributed by atoms with van der Waals surface area (Å²) >= 11 is 1.69. The van der Waals surface area contributed by atoms with Gasteiger partial charge in [0.1, 0.15) is 10.5 Å². The molecule has 23 heavy (non-hydrogen) atoms. The van der Waals surface area contributed by atoms with E-state index in [4.69, 9.17) is 10.3 Å².